The van der Waals surface area contributed by atoms with Crippen LogP contribution in [-0.2, 0) is 0 Å². The van der Waals surface area contributed by atoms with E-state index in [0.29, 0.717) is 0 Å². The third kappa shape index (κ3) is 4.38. The highest BCUT2D eigenvalue weighted by molar-refractivity contribution is 9.10. The van der Waals surface area contributed by atoms with Gasteiger partial charge in [0, 0.05) is 41.4 Å². The van der Waals surface area contributed by atoms with Crippen LogP contribution < -0.4 is 4.90 Å². The Hall–Kier alpha value is -3.92. The Balaban J connectivity index is 1.59. The minimum Gasteiger partial charge on any atom is -0.310 e. The highest BCUT2D eigenvalue weighted by atomic mass is 79.9. The van der Waals surface area contributed by atoms with Crippen LogP contribution in [0.2, 0.25) is 0 Å². The molecule has 1 aromatic heterocycles. The van der Waals surface area contributed by atoms with Gasteiger partial charge >= 0.3 is 0 Å². The van der Waals surface area contributed by atoms with Crippen molar-refractivity contribution in [2.24, 2.45) is 0 Å². The molecule has 38 heavy (non-hydrogen) atoms. The molecule has 0 atom stereocenters. The van der Waals surface area contributed by atoms with Crippen molar-refractivity contribution in [3.05, 3.63) is 144 Å². The molecule has 0 saturated carbocycles. The summed E-state index contributed by atoms with van der Waals surface area (Å²) in [5.41, 5.74) is 5.82. The normalized spacial score (nSPS) is 12.1. The summed E-state index contributed by atoms with van der Waals surface area (Å²) in [6.07, 6.45) is 8.09. The lowest BCUT2D eigenvalue weighted by atomic mass is 9.95. The molecule has 5 aromatic carbocycles. The molecule has 0 bridgehead atoms. The van der Waals surface area contributed by atoms with Gasteiger partial charge in [-0.2, -0.15) is 0 Å². The Morgan fingerprint density at radius 2 is 1.45 bits per heavy atom. The van der Waals surface area contributed by atoms with Gasteiger partial charge in [0.15, 0.2) is 0 Å². The highest BCUT2D eigenvalue weighted by Gasteiger charge is 2.18. The van der Waals surface area contributed by atoms with Crippen LogP contribution in [0.5, 0.6) is 0 Å². The average molecular weight is 573 g/mol. The van der Waals surface area contributed by atoms with Gasteiger partial charge in [0.2, 0.25) is 0 Å². The van der Waals surface area contributed by atoms with E-state index in [0.717, 1.165) is 21.5 Å². The Morgan fingerprint density at radius 3 is 2.21 bits per heavy atom. The average Bonchev–Trinajstić information content (AvgIpc) is 3.31. The fourth-order valence-electron chi connectivity index (χ4n) is 5.13. The van der Waals surface area contributed by atoms with Crippen molar-refractivity contribution in [3.8, 4) is 0 Å². The van der Waals surface area contributed by atoms with Crippen LogP contribution in [0.4, 0.5) is 17.1 Å². The van der Waals surface area contributed by atoms with Gasteiger partial charge in [-0.05, 0) is 65.9 Å². The molecule has 0 unspecified atom stereocenters. The molecule has 0 aliphatic rings. The van der Waals surface area contributed by atoms with Gasteiger partial charge in [-0.1, -0.05) is 107 Å². The Labute approximate surface area is 235 Å². The van der Waals surface area contributed by atoms with E-state index in [-0.39, 0.29) is 0 Å². The highest BCUT2D eigenvalue weighted by Crippen LogP contribution is 2.44. The molecule has 6 aromatic rings. The first-order valence-corrected chi connectivity index (χ1v) is 14.2. The predicted octanol–water partition coefficient (Wildman–Crippen LogP) is 11.6. The van der Waals surface area contributed by atoms with Crippen LogP contribution in [0, 0.1) is 0 Å². The first-order chi connectivity index (χ1) is 18.7. The zero-order chi connectivity index (χ0) is 26.1. The molecule has 0 spiro atoms. The smallest absolute Gasteiger partial charge is 0.0540 e. The summed E-state index contributed by atoms with van der Waals surface area (Å²) in [6, 6.07) is 37.2. The van der Waals surface area contributed by atoms with Crippen LogP contribution in [0.3, 0.4) is 0 Å². The van der Waals surface area contributed by atoms with Gasteiger partial charge in [0.05, 0.1) is 5.69 Å². The van der Waals surface area contributed by atoms with Gasteiger partial charge in [-0.3, -0.25) is 0 Å². The van der Waals surface area contributed by atoms with Crippen LogP contribution >= 0.6 is 27.3 Å². The number of halogens is 1. The van der Waals surface area contributed by atoms with Crippen LogP contribution in [0.15, 0.2) is 138 Å². The lowest BCUT2D eigenvalue weighted by Crippen LogP contribution is -2.10. The molecule has 6 rings (SSSR count). The molecule has 0 aliphatic carbocycles. The van der Waals surface area contributed by atoms with Crippen LogP contribution in [-0.4, -0.2) is 0 Å². The molecule has 0 N–H and O–H groups in total. The van der Waals surface area contributed by atoms with E-state index in [1.807, 2.05) is 23.5 Å². The molecule has 3 heteroatoms. The first-order valence-electron chi connectivity index (χ1n) is 12.6. The van der Waals surface area contributed by atoms with E-state index >= 15 is 0 Å². The summed E-state index contributed by atoms with van der Waals surface area (Å²) in [6.45, 7) is 5.93. The molecule has 0 aliphatic heterocycles. The zero-order valence-corrected chi connectivity index (χ0v) is 23.5. The fraction of sp³-hybridized carbons (Fsp3) is 0.0286. The molecular weight excluding hydrogens is 546 g/mol. The zero-order valence-electron chi connectivity index (χ0n) is 21.1. The maximum Gasteiger partial charge on any atom is 0.0540 e. The second-order valence-electron chi connectivity index (χ2n) is 9.11. The van der Waals surface area contributed by atoms with Gasteiger partial charge < -0.3 is 4.90 Å². The third-order valence-corrected chi connectivity index (χ3v) is 8.48. The number of hydrogen-bond acceptors (Lipinski definition) is 2. The van der Waals surface area contributed by atoms with Crippen molar-refractivity contribution in [1.29, 1.82) is 0 Å². The maximum atomic E-state index is 3.84. The molecule has 0 radical (unpaired) electrons. The molecule has 0 amide bonds. The molecule has 0 saturated heterocycles. The number of rotatable bonds is 6. The van der Waals surface area contributed by atoms with Crippen molar-refractivity contribution in [2.45, 2.75) is 6.92 Å². The summed E-state index contributed by atoms with van der Waals surface area (Å²) < 4.78 is 3.68. The van der Waals surface area contributed by atoms with Crippen molar-refractivity contribution in [2.75, 3.05) is 4.90 Å². The second kappa shape index (κ2) is 10.4. The number of fused-ring (bicyclic) bond motifs is 4. The largest absolute Gasteiger partial charge is 0.310 e. The summed E-state index contributed by atoms with van der Waals surface area (Å²) in [5.74, 6) is 0. The maximum absolute atomic E-state index is 3.84. The van der Waals surface area contributed by atoms with E-state index in [1.54, 1.807) is 0 Å². The number of hydrogen-bond donors (Lipinski definition) is 0. The van der Waals surface area contributed by atoms with Crippen molar-refractivity contribution >= 4 is 80.8 Å². The standard InChI is InChI=1S/C35H26BrNS/c1-3-5-11-24(4-2)28-20-21-33(30-15-10-9-14-29(28)30)37(26-12-7-6-8-13-26)27-17-19-32-31-18-16-25(36)22-34(31)38-35(32)23-27/h3-23H,1H2,2H3/b11-5-,24-4+. The van der Waals surface area contributed by atoms with Gasteiger partial charge in [0.25, 0.3) is 0 Å². The number of nitrogens with zero attached hydrogens (tertiary/aromatic N) is 1. The van der Waals surface area contributed by atoms with Crippen molar-refractivity contribution in [1.82, 2.24) is 0 Å². The summed E-state index contributed by atoms with van der Waals surface area (Å²) in [4.78, 5) is 2.38. The number of thiophene rings is 1. The Kier molecular flexibility index (Phi) is 6.71. The predicted molar refractivity (Wildman–Crippen MR) is 172 cm³/mol. The molecule has 184 valence electrons. The Bertz CT molecular complexity index is 1860. The fourth-order valence-corrected chi connectivity index (χ4v) is 6.82. The van der Waals surface area contributed by atoms with Gasteiger partial charge in [-0.25, -0.2) is 0 Å². The SMILES string of the molecule is C=C/C=C\C(=C/C)c1ccc(N(c2ccccc2)c2ccc3c(c2)sc2cc(Br)ccc23)c2ccccc12. The number of anilines is 3. The van der Waals surface area contributed by atoms with E-state index < -0.39 is 0 Å². The van der Waals surface area contributed by atoms with Gasteiger partial charge in [-0.15, -0.1) is 11.3 Å². The second-order valence-corrected chi connectivity index (χ2v) is 11.1. The lowest BCUT2D eigenvalue weighted by Gasteiger charge is -2.27. The summed E-state index contributed by atoms with van der Waals surface area (Å²) >= 11 is 5.47. The van der Waals surface area contributed by atoms with Crippen molar-refractivity contribution in [3.63, 3.8) is 0 Å². The Morgan fingerprint density at radius 1 is 0.737 bits per heavy atom. The number of allylic oxidation sites excluding steroid dienone is 5. The topological polar surface area (TPSA) is 3.24 Å². The summed E-state index contributed by atoms with van der Waals surface area (Å²) in [5, 5.41) is 5.02. The van der Waals surface area contributed by atoms with Crippen molar-refractivity contribution < 1.29 is 0 Å². The molecular formula is C35H26BrNS. The van der Waals surface area contributed by atoms with Crippen LogP contribution in [0.25, 0.3) is 36.5 Å². The number of benzene rings is 5. The van der Waals surface area contributed by atoms with E-state index in [9.17, 15) is 0 Å². The van der Waals surface area contributed by atoms with E-state index in [2.05, 4.69) is 150 Å². The van der Waals surface area contributed by atoms with E-state index in [1.165, 1.54) is 42.1 Å². The monoisotopic (exact) mass is 571 g/mol. The minimum atomic E-state index is 1.11. The van der Waals surface area contributed by atoms with E-state index in [4.69, 9.17) is 0 Å². The molecule has 1 heterocycles. The lowest BCUT2D eigenvalue weighted by molar-refractivity contribution is 1.30. The van der Waals surface area contributed by atoms with Gasteiger partial charge in [0.1, 0.15) is 0 Å². The third-order valence-electron chi connectivity index (χ3n) is 6.87. The van der Waals surface area contributed by atoms with Crippen LogP contribution in [0.1, 0.15) is 12.5 Å². The quantitative estimate of drug-likeness (QED) is 0.180. The summed E-state index contributed by atoms with van der Waals surface area (Å²) in [7, 11) is 0. The first kappa shape index (κ1) is 24.4. The number of para-hydroxylation sites is 1. The molecule has 0 fully saturated rings. The minimum absolute atomic E-state index is 1.11. The molecule has 1 nitrogen and oxygen atoms in total.